The summed E-state index contributed by atoms with van der Waals surface area (Å²) in [5.74, 6) is 0. The second-order valence-corrected chi connectivity index (χ2v) is 8.16. The molecule has 0 spiro atoms. The fourth-order valence-electron chi connectivity index (χ4n) is 3.61. The molecule has 0 saturated heterocycles. The predicted molar refractivity (Wildman–Crippen MR) is 91.7 cm³/mol. The van der Waals surface area contributed by atoms with Gasteiger partial charge in [0.05, 0.1) is 0 Å². The first-order valence-electron chi connectivity index (χ1n) is 8.12. The van der Waals surface area contributed by atoms with Crippen LogP contribution in [0.3, 0.4) is 0 Å². The summed E-state index contributed by atoms with van der Waals surface area (Å²) in [7, 11) is 0. The van der Waals surface area contributed by atoms with Gasteiger partial charge in [-0.3, -0.25) is 4.90 Å². The number of rotatable bonds is 6. The molecule has 0 bridgehead atoms. The summed E-state index contributed by atoms with van der Waals surface area (Å²) < 4.78 is 0. The minimum Gasteiger partial charge on any atom is -0.296 e. The van der Waals surface area contributed by atoms with Crippen LogP contribution < -0.4 is 0 Å². The highest BCUT2D eigenvalue weighted by atomic mass is 79.9. The molecule has 0 unspecified atom stereocenters. The van der Waals surface area contributed by atoms with Crippen LogP contribution in [-0.4, -0.2) is 22.8 Å². The van der Waals surface area contributed by atoms with E-state index < -0.39 is 0 Å². The van der Waals surface area contributed by atoms with E-state index in [-0.39, 0.29) is 0 Å². The van der Waals surface area contributed by atoms with Gasteiger partial charge in [-0.05, 0) is 53.5 Å². The number of alkyl halides is 1. The molecule has 0 amide bonds. The summed E-state index contributed by atoms with van der Waals surface area (Å²) in [6.07, 6.45) is 11.4. The lowest BCUT2D eigenvalue weighted by molar-refractivity contribution is 0.138. The summed E-state index contributed by atoms with van der Waals surface area (Å²) in [4.78, 5) is 2.79. The van der Waals surface area contributed by atoms with Crippen LogP contribution in [0.1, 0.15) is 56.9 Å². The molecule has 2 saturated carbocycles. The molecule has 1 heterocycles. The number of thiophene rings is 1. The van der Waals surface area contributed by atoms with E-state index >= 15 is 0 Å². The first kappa shape index (κ1) is 15.1. The predicted octanol–water partition coefficient (Wildman–Crippen LogP) is 5.45. The van der Waals surface area contributed by atoms with Gasteiger partial charge in [-0.25, -0.2) is 0 Å². The second-order valence-electron chi connectivity index (χ2n) is 6.82. The van der Waals surface area contributed by atoms with E-state index in [1.165, 1.54) is 75.3 Å². The van der Waals surface area contributed by atoms with Crippen molar-refractivity contribution in [3.8, 4) is 0 Å². The van der Waals surface area contributed by atoms with E-state index in [4.69, 9.17) is 0 Å². The SMILES string of the molecule is BrCC1(CN(Cc2ccsc2)C2CC2)CCCCCC1. The Balaban J connectivity index is 1.67. The molecule has 1 nitrogen and oxygen atoms in total. The highest BCUT2D eigenvalue weighted by molar-refractivity contribution is 9.09. The molecule has 0 aliphatic heterocycles. The van der Waals surface area contributed by atoms with Gasteiger partial charge in [0.1, 0.15) is 0 Å². The number of nitrogens with zero attached hydrogens (tertiary/aromatic N) is 1. The Kier molecular flexibility index (Phi) is 5.22. The van der Waals surface area contributed by atoms with Gasteiger partial charge in [0.25, 0.3) is 0 Å². The molecule has 3 heteroatoms. The third-order valence-corrected chi connectivity index (χ3v) is 6.94. The van der Waals surface area contributed by atoms with Gasteiger partial charge in [0.2, 0.25) is 0 Å². The maximum absolute atomic E-state index is 3.85. The molecule has 3 rings (SSSR count). The Bertz CT molecular complexity index is 391. The van der Waals surface area contributed by atoms with Crippen LogP contribution in [0, 0.1) is 5.41 Å². The maximum atomic E-state index is 3.85. The Labute approximate surface area is 135 Å². The summed E-state index contributed by atoms with van der Waals surface area (Å²) in [6.45, 7) is 2.47. The van der Waals surface area contributed by atoms with Crippen molar-refractivity contribution in [3.05, 3.63) is 22.4 Å². The number of halogens is 1. The third kappa shape index (κ3) is 3.86. The summed E-state index contributed by atoms with van der Waals surface area (Å²) in [5.41, 5.74) is 2.05. The molecule has 1 aromatic heterocycles. The topological polar surface area (TPSA) is 3.24 Å². The minimum atomic E-state index is 0.537. The third-order valence-electron chi connectivity index (χ3n) is 5.02. The average Bonchev–Trinajstić information content (AvgIpc) is 3.23. The zero-order chi connectivity index (χ0) is 13.8. The first-order chi connectivity index (χ1) is 9.81. The maximum Gasteiger partial charge on any atom is 0.0245 e. The van der Waals surface area contributed by atoms with Crippen molar-refractivity contribution in [2.45, 2.75) is 64.0 Å². The summed E-state index contributed by atoms with van der Waals surface area (Å²) in [5, 5.41) is 5.72. The molecule has 0 N–H and O–H groups in total. The monoisotopic (exact) mass is 355 g/mol. The molecule has 2 fully saturated rings. The molecule has 1 aromatic rings. The molecule has 0 aromatic carbocycles. The summed E-state index contributed by atoms with van der Waals surface area (Å²) in [6, 6.07) is 3.17. The van der Waals surface area contributed by atoms with Crippen molar-refractivity contribution in [1.29, 1.82) is 0 Å². The van der Waals surface area contributed by atoms with Crippen molar-refractivity contribution >= 4 is 27.3 Å². The van der Waals surface area contributed by atoms with Gasteiger partial charge in [-0.15, -0.1) is 0 Å². The van der Waals surface area contributed by atoms with E-state index in [0.717, 1.165) is 6.04 Å². The van der Waals surface area contributed by atoms with Crippen LogP contribution >= 0.6 is 27.3 Å². The quantitative estimate of drug-likeness (QED) is 0.484. The van der Waals surface area contributed by atoms with Gasteiger partial charge in [-0.2, -0.15) is 11.3 Å². The Morgan fingerprint density at radius 1 is 1.20 bits per heavy atom. The smallest absolute Gasteiger partial charge is 0.0245 e. The van der Waals surface area contributed by atoms with Crippen LogP contribution in [-0.2, 0) is 6.54 Å². The van der Waals surface area contributed by atoms with Crippen LogP contribution in [0.25, 0.3) is 0 Å². The number of hydrogen-bond donors (Lipinski definition) is 0. The lowest BCUT2D eigenvalue weighted by atomic mass is 9.82. The Morgan fingerprint density at radius 2 is 1.95 bits per heavy atom. The fourth-order valence-corrected chi connectivity index (χ4v) is 5.01. The van der Waals surface area contributed by atoms with Crippen LogP contribution in [0.2, 0.25) is 0 Å². The standard InChI is InChI=1S/C17H26BrNS/c18-13-17(8-3-1-2-4-9-17)14-19(16-5-6-16)11-15-7-10-20-12-15/h7,10,12,16H,1-6,8-9,11,13-14H2. The Morgan fingerprint density at radius 3 is 2.50 bits per heavy atom. The molecule has 0 radical (unpaired) electrons. The van der Waals surface area contributed by atoms with E-state index in [2.05, 4.69) is 37.7 Å². The summed E-state index contributed by atoms with van der Waals surface area (Å²) >= 11 is 5.69. The first-order valence-corrected chi connectivity index (χ1v) is 10.2. The van der Waals surface area contributed by atoms with Gasteiger partial charge < -0.3 is 0 Å². The van der Waals surface area contributed by atoms with Crippen LogP contribution in [0.5, 0.6) is 0 Å². The zero-order valence-electron chi connectivity index (χ0n) is 12.3. The van der Waals surface area contributed by atoms with Crippen LogP contribution in [0.4, 0.5) is 0 Å². The van der Waals surface area contributed by atoms with Gasteiger partial charge in [-0.1, -0.05) is 41.6 Å². The van der Waals surface area contributed by atoms with E-state index in [0.29, 0.717) is 5.41 Å². The van der Waals surface area contributed by atoms with E-state index in [9.17, 15) is 0 Å². The second kappa shape index (κ2) is 6.93. The molecular formula is C17H26BrNS. The van der Waals surface area contributed by atoms with Crippen LogP contribution in [0.15, 0.2) is 16.8 Å². The normalized spacial score (nSPS) is 22.9. The largest absolute Gasteiger partial charge is 0.296 e. The average molecular weight is 356 g/mol. The highest BCUT2D eigenvalue weighted by Gasteiger charge is 2.37. The van der Waals surface area contributed by atoms with Gasteiger partial charge in [0.15, 0.2) is 0 Å². The Hall–Kier alpha value is 0.140. The lowest BCUT2D eigenvalue weighted by Gasteiger charge is -2.37. The van der Waals surface area contributed by atoms with Crippen molar-refractivity contribution in [3.63, 3.8) is 0 Å². The van der Waals surface area contributed by atoms with E-state index in [1.807, 2.05) is 11.3 Å². The number of hydrogen-bond acceptors (Lipinski definition) is 2. The van der Waals surface area contributed by atoms with Gasteiger partial charge in [0, 0.05) is 24.5 Å². The minimum absolute atomic E-state index is 0.537. The molecule has 2 aliphatic rings. The van der Waals surface area contributed by atoms with E-state index in [1.54, 1.807) is 0 Å². The lowest BCUT2D eigenvalue weighted by Crippen LogP contribution is -2.39. The molecule has 112 valence electrons. The fraction of sp³-hybridized carbons (Fsp3) is 0.765. The molecule has 0 atom stereocenters. The van der Waals surface area contributed by atoms with Crippen molar-refractivity contribution in [2.24, 2.45) is 5.41 Å². The van der Waals surface area contributed by atoms with Crippen molar-refractivity contribution in [2.75, 3.05) is 11.9 Å². The highest BCUT2D eigenvalue weighted by Crippen LogP contribution is 2.40. The van der Waals surface area contributed by atoms with Crippen molar-refractivity contribution < 1.29 is 0 Å². The zero-order valence-corrected chi connectivity index (χ0v) is 14.7. The molecular weight excluding hydrogens is 330 g/mol. The molecule has 2 aliphatic carbocycles. The van der Waals surface area contributed by atoms with Crippen molar-refractivity contribution in [1.82, 2.24) is 4.90 Å². The van der Waals surface area contributed by atoms with Gasteiger partial charge >= 0.3 is 0 Å². The molecule has 20 heavy (non-hydrogen) atoms.